The fourth-order valence-electron chi connectivity index (χ4n) is 4.26. The number of aliphatic hydroxyl groups excluding tert-OH is 1. The van der Waals surface area contributed by atoms with Gasteiger partial charge in [0, 0.05) is 37.7 Å². The Hall–Kier alpha value is -2.29. The quantitative estimate of drug-likeness (QED) is 0.527. The number of rotatable bonds is 4. The number of nitrogens with one attached hydrogen (secondary N) is 3. The molecule has 2 fully saturated rings. The van der Waals surface area contributed by atoms with Gasteiger partial charge in [-0.15, -0.1) is 0 Å². The smallest absolute Gasteiger partial charge is 0.255 e. The molecule has 3 amide bonds. The van der Waals surface area contributed by atoms with E-state index < -0.39 is 6.04 Å². The number of benzene rings is 1. The van der Waals surface area contributed by atoms with Crippen LogP contribution < -0.4 is 16.0 Å². The minimum atomic E-state index is -0.584. The molecule has 0 aliphatic carbocycles. The van der Waals surface area contributed by atoms with Gasteiger partial charge in [0.25, 0.3) is 5.91 Å². The van der Waals surface area contributed by atoms with Gasteiger partial charge in [0.1, 0.15) is 6.04 Å². The summed E-state index contributed by atoms with van der Waals surface area (Å²) in [6.07, 6.45) is 1.98. The highest BCUT2D eigenvalue weighted by atomic mass is 16.3. The third kappa shape index (κ3) is 3.94. The van der Waals surface area contributed by atoms with E-state index in [1.165, 1.54) is 0 Å². The topological polar surface area (TPSA) is 111 Å². The predicted molar refractivity (Wildman–Crippen MR) is 101 cm³/mol. The van der Waals surface area contributed by atoms with Gasteiger partial charge in [-0.05, 0) is 43.0 Å². The number of hydrogen-bond donors (Lipinski definition) is 4. The first kappa shape index (κ1) is 19.0. The Morgan fingerprint density at radius 2 is 2.07 bits per heavy atom. The summed E-state index contributed by atoms with van der Waals surface area (Å²) >= 11 is 0. The van der Waals surface area contributed by atoms with Crippen molar-refractivity contribution in [2.75, 3.05) is 13.1 Å². The summed E-state index contributed by atoms with van der Waals surface area (Å²) in [4.78, 5) is 37.8. The maximum Gasteiger partial charge on any atom is 0.255 e. The Labute approximate surface area is 163 Å². The monoisotopic (exact) mass is 386 g/mol. The van der Waals surface area contributed by atoms with Crippen molar-refractivity contribution >= 4 is 17.7 Å². The van der Waals surface area contributed by atoms with Crippen molar-refractivity contribution in [3.8, 4) is 0 Å². The number of hydrogen-bond acceptors (Lipinski definition) is 6. The Morgan fingerprint density at radius 3 is 2.89 bits per heavy atom. The van der Waals surface area contributed by atoms with Crippen molar-refractivity contribution in [1.82, 2.24) is 20.9 Å². The molecule has 3 aliphatic heterocycles. The Morgan fingerprint density at radius 1 is 1.21 bits per heavy atom. The molecule has 1 aromatic rings. The molecule has 0 bridgehead atoms. The molecular formula is C20H26N4O4. The van der Waals surface area contributed by atoms with Gasteiger partial charge in [0.05, 0.1) is 6.10 Å². The summed E-state index contributed by atoms with van der Waals surface area (Å²) < 4.78 is 0. The molecule has 4 N–H and O–H groups in total. The number of nitrogens with zero attached hydrogens (tertiary/aromatic N) is 1. The molecule has 1 aromatic carbocycles. The Kier molecular flexibility index (Phi) is 5.43. The summed E-state index contributed by atoms with van der Waals surface area (Å²) in [6, 6.07) is 5.43. The lowest BCUT2D eigenvalue weighted by atomic mass is 10.0. The maximum atomic E-state index is 12.7. The highest BCUT2D eigenvalue weighted by Gasteiger charge is 2.39. The van der Waals surface area contributed by atoms with Gasteiger partial charge in [0.15, 0.2) is 0 Å². The fourth-order valence-corrected chi connectivity index (χ4v) is 4.26. The minimum Gasteiger partial charge on any atom is -0.392 e. The van der Waals surface area contributed by atoms with Crippen LogP contribution in [0.25, 0.3) is 0 Å². The van der Waals surface area contributed by atoms with E-state index in [1.807, 2.05) is 18.2 Å². The third-order valence-corrected chi connectivity index (χ3v) is 5.79. The van der Waals surface area contributed by atoms with Crippen molar-refractivity contribution in [2.45, 2.75) is 57.0 Å². The first-order chi connectivity index (χ1) is 13.5. The highest BCUT2D eigenvalue weighted by Crippen LogP contribution is 2.28. The number of imide groups is 1. The van der Waals surface area contributed by atoms with Crippen LogP contribution >= 0.6 is 0 Å². The SMILES string of the molecule is O=C1CCC(N2Cc3cc(CN[C@H]4CCNC[C@@H](O)C4)ccc3C2=O)C(=O)N1. The number of carbonyl (C=O) groups is 3. The van der Waals surface area contributed by atoms with Crippen molar-refractivity contribution in [2.24, 2.45) is 0 Å². The zero-order chi connectivity index (χ0) is 19.7. The summed E-state index contributed by atoms with van der Waals surface area (Å²) in [5.41, 5.74) is 2.61. The van der Waals surface area contributed by atoms with Crippen LogP contribution in [0.15, 0.2) is 18.2 Å². The Balaban J connectivity index is 1.41. The van der Waals surface area contributed by atoms with E-state index in [4.69, 9.17) is 0 Å². The zero-order valence-electron chi connectivity index (χ0n) is 15.7. The van der Waals surface area contributed by atoms with E-state index in [1.54, 1.807) is 4.90 Å². The second-order valence-corrected chi connectivity index (χ2v) is 7.85. The lowest BCUT2D eigenvalue weighted by Crippen LogP contribution is -2.52. The van der Waals surface area contributed by atoms with Crippen molar-refractivity contribution in [1.29, 1.82) is 0 Å². The minimum absolute atomic E-state index is 0.151. The van der Waals surface area contributed by atoms with Crippen molar-refractivity contribution in [3.05, 3.63) is 34.9 Å². The average Bonchev–Trinajstić information content (AvgIpc) is 2.84. The molecule has 3 aliphatic rings. The number of aliphatic hydroxyl groups is 1. The van der Waals surface area contributed by atoms with Crippen LogP contribution in [0.5, 0.6) is 0 Å². The normalized spacial score (nSPS) is 28.1. The van der Waals surface area contributed by atoms with Crippen LogP contribution in [-0.2, 0) is 22.7 Å². The number of fused-ring (bicyclic) bond motifs is 1. The van der Waals surface area contributed by atoms with Crippen molar-refractivity contribution in [3.63, 3.8) is 0 Å². The molecule has 8 heteroatoms. The lowest BCUT2D eigenvalue weighted by Gasteiger charge is -2.29. The number of β-amino-alcohol motifs (C(OH)–C–C–N with tert-alkyl or cyclic N) is 1. The summed E-state index contributed by atoms with van der Waals surface area (Å²) in [5, 5.41) is 18.9. The van der Waals surface area contributed by atoms with Crippen molar-refractivity contribution < 1.29 is 19.5 Å². The summed E-state index contributed by atoms with van der Waals surface area (Å²) in [6.45, 7) is 2.57. The second kappa shape index (κ2) is 7.98. The molecule has 28 heavy (non-hydrogen) atoms. The van der Waals surface area contributed by atoms with Crippen LogP contribution in [0.1, 0.15) is 47.2 Å². The lowest BCUT2D eigenvalue weighted by molar-refractivity contribution is -0.136. The molecule has 3 atom stereocenters. The van der Waals surface area contributed by atoms with Gasteiger partial charge in [-0.2, -0.15) is 0 Å². The van der Waals surface area contributed by atoms with Gasteiger partial charge in [-0.3, -0.25) is 19.7 Å². The van der Waals surface area contributed by atoms with E-state index in [-0.39, 0.29) is 36.3 Å². The molecule has 0 aromatic heterocycles. The van der Waals surface area contributed by atoms with E-state index >= 15 is 0 Å². The van der Waals surface area contributed by atoms with Gasteiger partial charge in [-0.1, -0.05) is 12.1 Å². The Bertz CT molecular complexity index is 796. The largest absolute Gasteiger partial charge is 0.392 e. The van der Waals surface area contributed by atoms with Crippen LogP contribution in [0, 0.1) is 0 Å². The summed E-state index contributed by atoms with van der Waals surface area (Å²) in [5.74, 6) is -0.820. The van der Waals surface area contributed by atoms with Crippen LogP contribution in [-0.4, -0.2) is 59.0 Å². The molecule has 4 rings (SSSR count). The van der Waals surface area contributed by atoms with Crippen LogP contribution in [0.4, 0.5) is 0 Å². The molecule has 0 spiro atoms. The zero-order valence-corrected chi connectivity index (χ0v) is 15.7. The van der Waals surface area contributed by atoms with Crippen LogP contribution in [0.3, 0.4) is 0 Å². The number of carbonyl (C=O) groups excluding carboxylic acids is 3. The molecule has 0 saturated carbocycles. The van der Waals surface area contributed by atoms with E-state index in [2.05, 4.69) is 16.0 Å². The highest BCUT2D eigenvalue weighted by molar-refractivity contribution is 6.05. The first-order valence-corrected chi connectivity index (χ1v) is 9.90. The molecular weight excluding hydrogens is 360 g/mol. The third-order valence-electron chi connectivity index (χ3n) is 5.79. The molecule has 150 valence electrons. The number of amides is 3. The molecule has 1 unspecified atom stereocenters. The molecule has 2 saturated heterocycles. The first-order valence-electron chi connectivity index (χ1n) is 9.90. The maximum absolute atomic E-state index is 12.7. The fraction of sp³-hybridized carbons (Fsp3) is 0.550. The average molecular weight is 386 g/mol. The van der Waals surface area contributed by atoms with Gasteiger partial charge < -0.3 is 20.6 Å². The van der Waals surface area contributed by atoms with Gasteiger partial charge in [-0.25, -0.2) is 0 Å². The van der Waals surface area contributed by atoms with E-state index in [9.17, 15) is 19.5 Å². The second-order valence-electron chi connectivity index (χ2n) is 7.85. The van der Waals surface area contributed by atoms with Gasteiger partial charge in [0.2, 0.25) is 11.8 Å². The van der Waals surface area contributed by atoms with Gasteiger partial charge >= 0.3 is 0 Å². The predicted octanol–water partition coefficient (Wildman–Crippen LogP) is -0.350. The standard InChI is InChI=1S/C20H26N4O4/c25-15-8-14(5-6-21-10-15)22-9-12-1-2-16-13(7-12)11-24(20(16)28)17-3-4-18(26)23-19(17)27/h1-2,7,14-15,17,21-22,25H,3-6,8-11H2,(H,23,26,27)/t14-,15-,17?/m0/s1. The van der Waals surface area contributed by atoms with Crippen LogP contribution in [0.2, 0.25) is 0 Å². The molecule has 3 heterocycles. The van der Waals surface area contributed by atoms with E-state index in [0.717, 1.165) is 30.5 Å². The molecule has 0 radical (unpaired) electrons. The molecule has 8 nitrogen and oxygen atoms in total. The summed E-state index contributed by atoms with van der Waals surface area (Å²) in [7, 11) is 0. The number of piperidine rings is 1. The van der Waals surface area contributed by atoms with E-state index in [0.29, 0.717) is 31.6 Å².